The summed E-state index contributed by atoms with van der Waals surface area (Å²) in [7, 11) is 0. The minimum absolute atomic E-state index is 0.0942. The van der Waals surface area contributed by atoms with Crippen LogP contribution in [0.3, 0.4) is 0 Å². The minimum atomic E-state index is -0.117. The second-order valence-corrected chi connectivity index (χ2v) is 6.68. The predicted octanol–water partition coefficient (Wildman–Crippen LogP) is 3.56. The maximum absolute atomic E-state index is 12.5. The molecule has 0 aromatic heterocycles. The molecular weight excluding hydrogens is 340 g/mol. The summed E-state index contributed by atoms with van der Waals surface area (Å²) in [6.07, 6.45) is 1.04. The topological polar surface area (TPSA) is 64.7 Å². The van der Waals surface area contributed by atoms with Gasteiger partial charge in [-0.3, -0.25) is 4.79 Å². The average molecular weight is 366 g/mol. The van der Waals surface area contributed by atoms with Crippen LogP contribution in [0, 0.1) is 0 Å². The molecule has 1 aliphatic rings. The van der Waals surface area contributed by atoms with Crippen molar-refractivity contribution in [2.75, 3.05) is 41.7 Å². The van der Waals surface area contributed by atoms with E-state index in [1.165, 1.54) is 18.2 Å². The Morgan fingerprint density at radius 1 is 0.852 bits per heavy atom. The van der Waals surface area contributed by atoms with Crippen LogP contribution >= 0.6 is 0 Å². The van der Waals surface area contributed by atoms with Crippen molar-refractivity contribution in [1.29, 1.82) is 0 Å². The molecule has 0 aliphatic carbocycles. The number of nitrogens with zero attached hydrogens (tertiary/aromatic N) is 2. The Balaban J connectivity index is 1.51. The van der Waals surface area contributed by atoms with Gasteiger partial charge < -0.3 is 20.4 Å². The lowest BCUT2D eigenvalue weighted by Gasteiger charge is -2.36. The molecule has 1 fully saturated rings. The fraction of sp³-hybridized carbons (Fsp3) is 0.333. The molecule has 27 heavy (non-hydrogen) atoms. The van der Waals surface area contributed by atoms with Crippen molar-refractivity contribution in [3.8, 4) is 0 Å². The third-order valence-corrected chi connectivity index (χ3v) is 4.73. The van der Waals surface area contributed by atoms with Crippen LogP contribution in [0.2, 0.25) is 0 Å². The Hall–Kier alpha value is -3.02. The normalized spacial score (nSPS) is 14.0. The van der Waals surface area contributed by atoms with E-state index in [0.29, 0.717) is 24.5 Å². The molecule has 3 rings (SSSR count). The Kier molecular flexibility index (Phi) is 5.96. The van der Waals surface area contributed by atoms with Gasteiger partial charge in [0, 0.05) is 50.2 Å². The van der Waals surface area contributed by atoms with Gasteiger partial charge in [0.2, 0.25) is 5.91 Å². The van der Waals surface area contributed by atoms with Gasteiger partial charge in [0.15, 0.2) is 0 Å². The van der Waals surface area contributed by atoms with Gasteiger partial charge >= 0.3 is 6.03 Å². The monoisotopic (exact) mass is 366 g/mol. The number of benzene rings is 2. The molecule has 1 heterocycles. The number of carbonyl (C=O) groups is 2. The molecule has 0 bridgehead atoms. The van der Waals surface area contributed by atoms with Crippen LogP contribution in [0.15, 0.2) is 48.5 Å². The van der Waals surface area contributed by atoms with Crippen molar-refractivity contribution in [2.45, 2.75) is 20.3 Å². The van der Waals surface area contributed by atoms with Crippen molar-refractivity contribution in [2.24, 2.45) is 0 Å². The summed E-state index contributed by atoms with van der Waals surface area (Å²) in [6, 6.07) is 15.7. The number of amides is 3. The van der Waals surface area contributed by atoms with Gasteiger partial charge in [-0.1, -0.05) is 19.1 Å². The van der Waals surface area contributed by atoms with Gasteiger partial charge in [0.05, 0.1) is 0 Å². The molecule has 1 aliphatic heterocycles. The first kappa shape index (κ1) is 18.8. The first-order valence-electron chi connectivity index (χ1n) is 9.32. The van der Waals surface area contributed by atoms with Gasteiger partial charge in [-0.05, 0) is 48.4 Å². The van der Waals surface area contributed by atoms with E-state index in [1.807, 2.05) is 4.90 Å². The van der Waals surface area contributed by atoms with E-state index in [4.69, 9.17) is 0 Å². The number of anilines is 3. The van der Waals surface area contributed by atoms with Crippen molar-refractivity contribution < 1.29 is 9.59 Å². The lowest BCUT2D eigenvalue weighted by atomic mass is 10.1. The maximum Gasteiger partial charge on any atom is 0.321 e. The van der Waals surface area contributed by atoms with Crippen LogP contribution in [0.1, 0.15) is 19.4 Å². The van der Waals surface area contributed by atoms with E-state index in [0.717, 1.165) is 19.5 Å². The summed E-state index contributed by atoms with van der Waals surface area (Å²) in [5, 5.41) is 5.63. The molecule has 2 aromatic rings. The van der Waals surface area contributed by atoms with Gasteiger partial charge in [-0.15, -0.1) is 0 Å². The Morgan fingerprint density at radius 3 is 1.93 bits per heavy atom. The number of rotatable bonds is 4. The molecular formula is C21H26N4O2. The molecule has 0 radical (unpaired) electrons. The highest BCUT2D eigenvalue weighted by Gasteiger charge is 2.21. The molecule has 6 heteroatoms. The first-order valence-corrected chi connectivity index (χ1v) is 9.32. The van der Waals surface area contributed by atoms with Crippen LogP contribution in [0.4, 0.5) is 21.9 Å². The van der Waals surface area contributed by atoms with E-state index < -0.39 is 0 Å². The highest BCUT2D eigenvalue weighted by Crippen LogP contribution is 2.19. The smallest absolute Gasteiger partial charge is 0.321 e. The zero-order chi connectivity index (χ0) is 19.2. The van der Waals surface area contributed by atoms with E-state index in [-0.39, 0.29) is 11.9 Å². The fourth-order valence-electron chi connectivity index (χ4n) is 3.15. The zero-order valence-electron chi connectivity index (χ0n) is 15.9. The lowest BCUT2D eigenvalue weighted by Crippen LogP contribution is -2.50. The van der Waals surface area contributed by atoms with Gasteiger partial charge in [0.25, 0.3) is 0 Å². The maximum atomic E-state index is 12.5. The molecule has 0 unspecified atom stereocenters. The quantitative estimate of drug-likeness (QED) is 0.870. The molecule has 0 spiro atoms. The summed E-state index contributed by atoms with van der Waals surface area (Å²) in [6.45, 7) is 6.63. The molecule has 3 amide bonds. The predicted molar refractivity (Wildman–Crippen MR) is 109 cm³/mol. The SMILES string of the molecule is CCc1ccc(N2CCN(C(=O)Nc3ccc(NC(C)=O)cc3)CC2)cc1. The third kappa shape index (κ3) is 5.00. The molecule has 142 valence electrons. The average Bonchev–Trinajstić information content (AvgIpc) is 2.69. The van der Waals surface area contributed by atoms with Gasteiger partial charge in [0.1, 0.15) is 0 Å². The van der Waals surface area contributed by atoms with Crippen molar-refractivity contribution >= 4 is 29.0 Å². The van der Waals surface area contributed by atoms with Crippen molar-refractivity contribution in [1.82, 2.24) is 4.90 Å². The third-order valence-electron chi connectivity index (χ3n) is 4.73. The second kappa shape index (κ2) is 8.58. The molecule has 0 saturated carbocycles. The summed E-state index contributed by atoms with van der Waals surface area (Å²) >= 11 is 0. The number of nitrogens with one attached hydrogen (secondary N) is 2. The number of hydrogen-bond donors (Lipinski definition) is 2. The molecule has 0 atom stereocenters. The highest BCUT2D eigenvalue weighted by molar-refractivity contribution is 5.91. The number of carbonyl (C=O) groups excluding carboxylic acids is 2. The Labute approximate surface area is 160 Å². The minimum Gasteiger partial charge on any atom is -0.368 e. The van der Waals surface area contributed by atoms with Crippen LogP contribution in [-0.4, -0.2) is 43.0 Å². The Morgan fingerprint density at radius 2 is 1.41 bits per heavy atom. The molecule has 1 saturated heterocycles. The summed E-state index contributed by atoms with van der Waals surface area (Å²) in [5.41, 5.74) is 3.97. The van der Waals surface area contributed by atoms with Gasteiger partial charge in [-0.2, -0.15) is 0 Å². The second-order valence-electron chi connectivity index (χ2n) is 6.68. The largest absolute Gasteiger partial charge is 0.368 e. The number of piperazine rings is 1. The van der Waals surface area contributed by atoms with Crippen molar-refractivity contribution in [3.05, 3.63) is 54.1 Å². The van der Waals surface area contributed by atoms with Crippen molar-refractivity contribution in [3.63, 3.8) is 0 Å². The molecule has 6 nitrogen and oxygen atoms in total. The lowest BCUT2D eigenvalue weighted by molar-refractivity contribution is -0.114. The first-order chi connectivity index (χ1) is 13.0. The van der Waals surface area contributed by atoms with Crippen LogP contribution in [-0.2, 0) is 11.2 Å². The summed E-state index contributed by atoms with van der Waals surface area (Å²) in [4.78, 5) is 27.7. The van der Waals surface area contributed by atoms with Crippen LogP contribution < -0.4 is 15.5 Å². The number of hydrogen-bond acceptors (Lipinski definition) is 3. The summed E-state index contributed by atoms with van der Waals surface area (Å²) < 4.78 is 0. The Bertz CT molecular complexity index is 779. The van der Waals surface area contributed by atoms with E-state index >= 15 is 0 Å². The van der Waals surface area contributed by atoms with E-state index in [1.54, 1.807) is 24.3 Å². The molecule has 2 N–H and O–H groups in total. The summed E-state index contributed by atoms with van der Waals surface area (Å²) in [5.74, 6) is -0.117. The van der Waals surface area contributed by atoms with Crippen LogP contribution in [0.5, 0.6) is 0 Å². The van der Waals surface area contributed by atoms with E-state index in [9.17, 15) is 9.59 Å². The van der Waals surface area contributed by atoms with E-state index in [2.05, 4.69) is 46.7 Å². The van der Waals surface area contributed by atoms with Crippen LogP contribution in [0.25, 0.3) is 0 Å². The number of aryl methyl sites for hydroxylation is 1. The fourth-order valence-corrected chi connectivity index (χ4v) is 3.15. The number of urea groups is 1. The molecule has 2 aromatic carbocycles. The zero-order valence-corrected chi connectivity index (χ0v) is 15.9. The standard InChI is InChI=1S/C21H26N4O2/c1-3-17-4-10-20(11-5-17)24-12-14-25(15-13-24)21(27)23-19-8-6-18(7-9-19)22-16(2)26/h4-11H,3,12-15H2,1-2H3,(H,22,26)(H,23,27). The highest BCUT2D eigenvalue weighted by atomic mass is 16.2. The van der Waals surface area contributed by atoms with Gasteiger partial charge in [-0.25, -0.2) is 4.79 Å².